The molecular formula is C13H22N2O5S. The van der Waals surface area contributed by atoms with Crippen LogP contribution in [0.5, 0.6) is 0 Å². The SMILES string of the molecule is CN(C(=O)CNC(=O)C1CCOCC1)C1CCS(=O)(=O)C1. The molecule has 2 aliphatic rings. The quantitative estimate of drug-likeness (QED) is 0.731. The molecule has 1 N–H and O–H groups in total. The predicted molar refractivity (Wildman–Crippen MR) is 76.4 cm³/mol. The van der Waals surface area contributed by atoms with Gasteiger partial charge in [0.1, 0.15) is 0 Å². The Balaban J connectivity index is 1.77. The maximum Gasteiger partial charge on any atom is 0.241 e. The van der Waals surface area contributed by atoms with E-state index in [1.807, 2.05) is 0 Å². The maximum absolute atomic E-state index is 12.0. The summed E-state index contributed by atoms with van der Waals surface area (Å²) in [6.45, 7) is 1.07. The lowest BCUT2D eigenvalue weighted by atomic mass is 9.99. The summed E-state index contributed by atoms with van der Waals surface area (Å²) in [5.41, 5.74) is 0. The molecule has 2 fully saturated rings. The summed E-state index contributed by atoms with van der Waals surface area (Å²) in [6, 6.07) is -0.275. The van der Waals surface area contributed by atoms with Gasteiger partial charge in [-0.1, -0.05) is 0 Å². The van der Waals surface area contributed by atoms with Gasteiger partial charge in [0, 0.05) is 32.2 Å². The van der Waals surface area contributed by atoms with E-state index in [0.717, 1.165) is 0 Å². The van der Waals surface area contributed by atoms with Crippen LogP contribution in [0, 0.1) is 5.92 Å². The fourth-order valence-electron chi connectivity index (χ4n) is 2.68. The standard InChI is InChI=1S/C13H22N2O5S/c1-15(11-4-7-21(18,19)9-11)12(16)8-14-13(17)10-2-5-20-6-3-10/h10-11H,2-9H2,1H3,(H,14,17). The van der Waals surface area contributed by atoms with Crippen LogP contribution in [0.25, 0.3) is 0 Å². The monoisotopic (exact) mass is 318 g/mol. The Morgan fingerprint density at radius 3 is 2.48 bits per heavy atom. The second-order valence-electron chi connectivity index (χ2n) is 5.67. The number of nitrogens with zero attached hydrogens (tertiary/aromatic N) is 1. The molecule has 0 aromatic heterocycles. The van der Waals surface area contributed by atoms with Crippen molar-refractivity contribution in [1.29, 1.82) is 0 Å². The number of sulfone groups is 1. The molecule has 2 heterocycles. The Bertz CT molecular complexity index is 499. The van der Waals surface area contributed by atoms with E-state index in [4.69, 9.17) is 4.74 Å². The second kappa shape index (κ2) is 6.74. The Hall–Kier alpha value is -1.15. The number of rotatable bonds is 4. The van der Waals surface area contributed by atoms with Crippen molar-refractivity contribution in [2.24, 2.45) is 5.92 Å². The molecule has 0 saturated carbocycles. The third kappa shape index (κ3) is 4.41. The van der Waals surface area contributed by atoms with Crippen LogP contribution in [0.2, 0.25) is 0 Å². The summed E-state index contributed by atoms with van der Waals surface area (Å²) in [4.78, 5) is 25.4. The first-order valence-electron chi connectivity index (χ1n) is 7.20. The van der Waals surface area contributed by atoms with Crippen molar-refractivity contribution in [2.45, 2.75) is 25.3 Å². The van der Waals surface area contributed by atoms with Gasteiger partial charge in [-0.3, -0.25) is 9.59 Å². The number of hydrogen-bond acceptors (Lipinski definition) is 5. The van der Waals surface area contributed by atoms with Gasteiger partial charge in [0.25, 0.3) is 0 Å². The summed E-state index contributed by atoms with van der Waals surface area (Å²) in [5, 5.41) is 2.64. The first-order valence-corrected chi connectivity index (χ1v) is 9.03. The molecule has 0 spiro atoms. The zero-order valence-electron chi connectivity index (χ0n) is 12.2. The fraction of sp³-hybridized carbons (Fsp3) is 0.846. The van der Waals surface area contributed by atoms with Gasteiger partial charge < -0.3 is 15.0 Å². The first kappa shape index (κ1) is 16.2. The molecule has 0 bridgehead atoms. The first-order chi connectivity index (χ1) is 9.89. The van der Waals surface area contributed by atoms with E-state index in [2.05, 4.69) is 5.32 Å². The number of likely N-dealkylation sites (N-methyl/N-ethyl adjacent to an activating group) is 1. The molecule has 2 amide bonds. The molecule has 1 unspecified atom stereocenters. The molecule has 8 heteroatoms. The third-order valence-corrected chi connectivity index (χ3v) is 5.91. The molecule has 120 valence electrons. The lowest BCUT2D eigenvalue weighted by molar-refractivity contribution is -0.135. The Labute approximate surface area is 124 Å². The Kier molecular flexibility index (Phi) is 5.21. The summed E-state index contributed by atoms with van der Waals surface area (Å²) in [6.07, 6.45) is 1.83. The summed E-state index contributed by atoms with van der Waals surface area (Å²) in [7, 11) is -1.43. The van der Waals surface area contributed by atoms with Gasteiger partial charge >= 0.3 is 0 Å². The van der Waals surface area contributed by atoms with Crippen molar-refractivity contribution in [3.63, 3.8) is 0 Å². The van der Waals surface area contributed by atoms with Crippen molar-refractivity contribution in [1.82, 2.24) is 10.2 Å². The van der Waals surface area contributed by atoms with E-state index in [1.165, 1.54) is 4.90 Å². The van der Waals surface area contributed by atoms with Crippen molar-refractivity contribution in [3.8, 4) is 0 Å². The zero-order chi connectivity index (χ0) is 15.5. The van der Waals surface area contributed by atoms with E-state index in [-0.39, 0.29) is 41.8 Å². The van der Waals surface area contributed by atoms with Crippen molar-refractivity contribution in [3.05, 3.63) is 0 Å². The summed E-state index contributed by atoms with van der Waals surface area (Å²) >= 11 is 0. The number of carbonyl (C=O) groups excluding carboxylic acids is 2. The van der Waals surface area contributed by atoms with Crippen LogP contribution >= 0.6 is 0 Å². The second-order valence-corrected chi connectivity index (χ2v) is 7.89. The minimum atomic E-state index is -3.02. The smallest absolute Gasteiger partial charge is 0.241 e. The molecule has 0 radical (unpaired) electrons. The van der Waals surface area contributed by atoms with Crippen LogP contribution in [0.1, 0.15) is 19.3 Å². The lowest BCUT2D eigenvalue weighted by Crippen LogP contribution is -2.45. The van der Waals surface area contributed by atoms with Gasteiger partial charge in [-0.15, -0.1) is 0 Å². The van der Waals surface area contributed by atoms with Gasteiger partial charge in [-0.25, -0.2) is 8.42 Å². The predicted octanol–water partition coefficient (Wildman–Crippen LogP) is -0.825. The van der Waals surface area contributed by atoms with Crippen molar-refractivity contribution in [2.75, 3.05) is 38.3 Å². The average Bonchev–Trinajstić information content (AvgIpc) is 2.84. The van der Waals surface area contributed by atoms with Crippen LogP contribution < -0.4 is 5.32 Å². The molecule has 2 rings (SSSR count). The van der Waals surface area contributed by atoms with E-state index >= 15 is 0 Å². The Morgan fingerprint density at radius 1 is 1.24 bits per heavy atom. The largest absolute Gasteiger partial charge is 0.381 e. The molecule has 2 saturated heterocycles. The number of hydrogen-bond donors (Lipinski definition) is 1. The van der Waals surface area contributed by atoms with E-state index in [1.54, 1.807) is 7.05 Å². The van der Waals surface area contributed by atoms with Crippen LogP contribution in [-0.2, 0) is 24.2 Å². The molecule has 0 aromatic rings. The average molecular weight is 318 g/mol. The number of nitrogens with one attached hydrogen (secondary N) is 1. The van der Waals surface area contributed by atoms with Crippen LogP contribution in [-0.4, -0.2) is 69.5 Å². The van der Waals surface area contributed by atoms with Gasteiger partial charge in [0.05, 0.1) is 18.1 Å². The molecule has 0 aromatic carbocycles. The Morgan fingerprint density at radius 2 is 1.90 bits per heavy atom. The van der Waals surface area contributed by atoms with Gasteiger partial charge in [0.15, 0.2) is 9.84 Å². The third-order valence-electron chi connectivity index (χ3n) is 4.16. The van der Waals surface area contributed by atoms with E-state index in [9.17, 15) is 18.0 Å². The van der Waals surface area contributed by atoms with Gasteiger partial charge in [0.2, 0.25) is 11.8 Å². The van der Waals surface area contributed by atoms with Gasteiger partial charge in [-0.05, 0) is 19.3 Å². The minimum absolute atomic E-state index is 0.0170. The minimum Gasteiger partial charge on any atom is -0.381 e. The molecule has 21 heavy (non-hydrogen) atoms. The molecule has 7 nitrogen and oxygen atoms in total. The van der Waals surface area contributed by atoms with Crippen LogP contribution in [0.15, 0.2) is 0 Å². The highest BCUT2D eigenvalue weighted by Crippen LogP contribution is 2.17. The fourth-order valence-corrected chi connectivity index (χ4v) is 4.45. The number of carbonyl (C=O) groups is 2. The lowest BCUT2D eigenvalue weighted by Gasteiger charge is -2.25. The molecular weight excluding hydrogens is 296 g/mol. The van der Waals surface area contributed by atoms with Crippen molar-refractivity contribution < 1.29 is 22.7 Å². The summed E-state index contributed by atoms with van der Waals surface area (Å²) in [5.74, 6) is -0.326. The van der Waals surface area contributed by atoms with Gasteiger partial charge in [-0.2, -0.15) is 0 Å². The highest BCUT2D eigenvalue weighted by atomic mass is 32.2. The zero-order valence-corrected chi connectivity index (χ0v) is 13.0. The summed E-state index contributed by atoms with van der Waals surface area (Å²) < 4.78 is 28.0. The normalized spacial score (nSPS) is 25.5. The van der Waals surface area contributed by atoms with Crippen LogP contribution in [0.3, 0.4) is 0 Å². The molecule has 2 aliphatic heterocycles. The molecule has 1 atom stereocenters. The van der Waals surface area contributed by atoms with Crippen molar-refractivity contribution >= 4 is 21.7 Å². The topological polar surface area (TPSA) is 92.8 Å². The highest BCUT2D eigenvalue weighted by Gasteiger charge is 2.32. The number of amides is 2. The van der Waals surface area contributed by atoms with E-state index in [0.29, 0.717) is 32.5 Å². The molecule has 0 aliphatic carbocycles. The van der Waals surface area contributed by atoms with Crippen LogP contribution in [0.4, 0.5) is 0 Å². The highest BCUT2D eigenvalue weighted by molar-refractivity contribution is 7.91. The number of ether oxygens (including phenoxy) is 1. The van der Waals surface area contributed by atoms with E-state index < -0.39 is 9.84 Å². The maximum atomic E-state index is 12.0.